The van der Waals surface area contributed by atoms with Gasteiger partial charge in [-0.15, -0.1) is 0 Å². The first-order chi connectivity index (χ1) is 16.2. The lowest BCUT2D eigenvalue weighted by Crippen LogP contribution is -2.42. The Morgan fingerprint density at radius 1 is 1.09 bits per heavy atom. The number of anilines is 1. The van der Waals surface area contributed by atoms with Gasteiger partial charge >= 0.3 is 5.63 Å². The predicted molar refractivity (Wildman–Crippen MR) is 126 cm³/mol. The van der Waals surface area contributed by atoms with Crippen molar-refractivity contribution in [2.75, 3.05) is 5.32 Å². The molecule has 1 atom stereocenters. The fourth-order valence-electron chi connectivity index (χ4n) is 3.83. The lowest BCUT2D eigenvalue weighted by atomic mass is 9.85. The number of rotatable bonds is 6. The van der Waals surface area contributed by atoms with Crippen LogP contribution in [0.1, 0.15) is 22.4 Å². The topological polar surface area (TPSA) is 136 Å². The monoisotopic (exact) mass is 459 g/mol. The SMILES string of the molecule is Cc1cccc(CC(O)(C(=O)Nc2ccc3c(=O)onc(C)c3c2)c2ccc([N+](=O)[O-])cc2)c1. The Morgan fingerprint density at radius 2 is 1.82 bits per heavy atom. The van der Waals surface area contributed by atoms with Gasteiger partial charge in [-0.1, -0.05) is 35.0 Å². The number of hydrogen-bond acceptors (Lipinski definition) is 7. The number of benzene rings is 3. The lowest BCUT2D eigenvalue weighted by Gasteiger charge is -2.28. The summed E-state index contributed by atoms with van der Waals surface area (Å²) in [4.78, 5) is 35.9. The van der Waals surface area contributed by atoms with Crippen LogP contribution in [0.2, 0.25) is 0 Å². The van der Waals surface area contributed by atoms with Gasteiger partial charge in [0.25, 0.3) is 11.6 Å². The summed E-state index contributed by atoms with van der Waals surface area (Å²) in [6, 6.07) is 17.2. The van der Waals surface area contributed by atoms with Gasteiger partial charge in [-0.05, 0) is 55.3 Å². The number of nitro groups is 1. The number of amides is 1. The van der Waals surface area contributed by atoms with Crippen molar-refractivity contribution in [2.45, 2.75) is 25.9 Å². The second kappa shape index (κ2) is 8.87. The molecule has 0 aliphatic carbocycles. The summed E-state index contributed by atoms with van der Waals surface area (Å²) in [6.45, 7) is 3.57. The number of aromatic nitrogens is 1. The second-order valence-electron chi connectivity index (χ2n) is 8.10. The van der Waals surface area contributed by atoms with Gasteiger partial charge in [0.15, 0.2) is 5.60 Å². The first kappa shape index (κ1) is 22.8. The first-order valence-corrected chi connectivity index (χ1v) is 10.4. The minimum absolute atomic E-state index is 0.0594. The maximum Gasteiger partial charge on any atom is 0.366 e. The van der Waals surface area contributed by atoms with E-state index in [-0.39, 0.29) is 17.7 Å². The van der Waals surface area contributed by atoms with Crippen LogP contribution in [0, 0.1) is 24.0 Å². The molecule has 4 aromatic rings. The van der Waals surface area contributed by atoms with Gasteiger partial charge in [0.2, 0.25) is 0 Å². The van der Waals surface area contributed by atoms with E-state index in [1.807, 2.05) is 25.1 Å². The van der Waals surface area contributed by atoms with Gasteiger partial charge in [-0.3, -0.25) is 14.9 Å². The highest BCUT2D eigenvalue weighted by Crippen LogP contribution is 2.30. The van der Waals surface area contributed by atoms with Gasteiger partial charge in [-0.2, -0.15) is 0 Å². The molecule has 4 rings (SSSR count). The van der Waals surface area contributed by atoms with Crippen LogP contribution in [-0.4, -0.2) is 21.1 Å². The van der Waals surface area contributed by atoms with E-state index in [0.717, 1.165) is 5.56 Å². The summed E-state index contributed by atoms with van der Waals surface area (Å²) in [5.41, 5.74) is -0.0859. The van der Waals surface area contributed by atoms with Crippen LogP contribution in [-0.2, 0) is 16.8 Å². The Morgan fingerprint density at radius 3 is 2.50 bits per heavy atom. The third kappa shape index (κ3) is 4.41. The lowest BCUT2D eigenvalue weighted by molar-refractivity contribution is -0.384. The molecule has 34 heavy (non-hydrogen) atoms. The number of fused-ring (bicyclic) bond motifs is 1. The number of aryl methyl sites for hydroxylation is 2. The van der Waals surface area contributed by atoms with Gasteiger partial charge < -0.3 is 14.9 Å². The van der Waals surface area contributed by atoms with Crippen molar-refractivity contribution >= 4 is 28.1 Å². The molecule has 0 saturated carbocycles. The zero-order valence-corrected chi connectivity index (χ0v) is 18.4. The van der Waals surface area contributed by atoms with E-state index < -0.39 is 22.1 Å². The maximum absolute atomic E-state index is 13.4. The minimum Gasteiger partial charge on any atom is -0.375 e. The molecule has 9 nitrogen and oxygen atoms in total. The Kier molecular flexibility index (Phi) is 5.95. The molecular weight excluding hydrogens is 438 g/mol. The highest BCUT2D eigenvalue weighted by molar-refractivity contribution is 6.00. The fourth-order valence-corrected chi connectivity index (χ4v) is 3.83. The summed E-state index contributed by atoms with van der Waals surface area (Å²) in [7, 11) is 0. The minimum atomic E-state index is -2.03. The van der Waals surface area contributed by atoms with Crippen molar-refractivity contribution in [3.63, 3.8) is 0 Å². The molecule has 1 amide bonds. The van der Waals surface area contributed by atoms with Crippen molar-refractivity contribution in [1.82, 2.24) is 5.16 Å². The van der Waals surface area contributed by atoms with Crippen LogP contribution >= 0.6 is 0 Å². The van der Waals surface area contributed by atoms with Gasteiger partial charge in [0.1, 0.15) is 0 Å². The number of aliphatic hydroxyl groups is 1. The van der Waals surface area contributed by atoms with Crippen LogP contribution in [0.25, 0.3) is 10.8 Å². The highest BCUT2D eigenvalue weighted by Gasteiger charge is 2.38. The maximum atomic E-state index is 13.4. The Balaban J connectivity index is 1.74. The van der Waals surface area contributed by atoms with E-state index >= 15 is 0 Å². The number of non-ortho nitro benzene ring substituents is 1. The number of nitrogens with one attached hydrogen (secondary N) is 1. The van der Waals surface area contributed by atoms with E-state index in [2.05, 4.69) is 10.5 Å². The van der Waals surface area contributed by atoms with Crippen LogP contribution in [0.3, 0.4) is 0 Å². The second-order valence-corrected chi connectivity index (χ2v) is 8.10. The van der Waals surface area contributed by atoms with Gasteiger partial charge in [0.05, 0.1) is 16.0 Å². The summed E-state index contributed by atoms with van der Waals surface area (Å²) >= 11 is 0. The molecule has 1 aromatic heterocycles. The largest absolute Gasteiger partial charge is 0.375 e. The average Bonchev–Trinajstić information content (AvgIpc) is 2.81. The smallest absolute Gasteiger partial charge is 0.366 e. The molecule has 0 fully saturated rings. The first-order valence-electron chi connectivity index (χ1n) is 10.4. The van der Waals surface area contributed by atoms with Crippen LogP contribution < -0.4 is 10.9 Å². The molecule has 0 aliphatic heterocycles. The molecule has 3 aromatic carbocycles. The molecule has 0 saturated heterocycles. The molecule has 0 bridgehead atoms. The van der Waals surface area contributed by atoms with Crippen molar-refractivity contribution in [2.24, 2.45) is 0 Å². The van der Waals surface area contributed by atoms with Crippen LogP contribution in [0.4, 0.5) is 11.4 Å². The van der Waals surface area contributed by atoms with Crippen LogP contribution in [0.5, 0.6) is 0 Å². The molecule has 0 spiro atoms. The molecule has 0 radical (unpaired) electrons. The van der Waals surface area contributed by atoms with E-state index in [1.54, 1.807) is 19.1 Å². The molecule has 2 N–H and O–H groups in total. The number of nitrogens with zero attached hydrogens (tertiary/aromatic N) is 2. The van der Waals surface area contributed by atoms with Crippen molar-refractivity contribution in [3.05, 3.63) is 110 Å². The average molecular weight is 459 g/mol. The summed E-state index contributed by atoms with van der Waals surface area (Å²) in [5.74, 6) is -0.726. The Labute approximate surface area is 193 Å². The van der Waals surface area contributed by atoms with E-state index in [9.17, 15) is 24.8 Å². The molecule has 1 unspecified atom stereocenters. The highest BCUT2D eigenvalue weighted by atomic mass is 16.6. The van der Waals surface area contributed by atoms with Crippen molar-refractivity contribution in [1.29, 1.82) is 0 Å². The number of hydrogen-bond donors (Lipinski definition) is 2. The molecule has 172 valence electrons. The number of carbonyl (C=O) groups excluding carboxylic acids is 1. The Hall–Kier alpha value is -4.37. The summed E-state index contributed by atoms with van der Waals surface area (Å²) in [5, 5.41) is 29.9. The quantitative estimate of drug-likeness (QED) is 0.331. The van der Waals surface area contributed by atoms with Gasteiger partial charge in [-0.25, -0.2) is 4.79 Å². The van der Waals surface area contributed by atoms with E-state index in [4.69, 9.17) is 4.52 Å². The summed E-state index contributed by atoms with van der Waals surface area (Å²) < 4.78 is 4.73. The zero-order chi connectivity index (χ0) is 24.5. The van der Waals surface area contributed by atoms with Crippen molar-refractivity contribution in [3.8, 4) is 0 Å². The third-order valence-electron chi connectivity index (χ3n) is 5.63. The fraction of sp³-hybridized carbons (Fsp3) is 0.160. The van der Waals surface area contributed by atoms with Crippen molar-refractivity contribution < 1.29 is 19.3 Å². The normalized spacial score (nSPS) is 12.8. The molecule has 9 heteroatoms. The van der Waals surface area contributed by atoms with E-state index in [1.165, 1.54) is 36.4 Å². The van der Waals surface area contributed by atoms with Gasteiger partial charge in [0, 0.05) is 29.6 Å². The standard InChI is InChI=1S/C25H21N3O6/c1-15-4-3-5-17(12-15)14-25(31,18-6-9-20(10-7-18)28(32)33)24(30)26-19-8-11-21-22(13-19)16(2)27-34-23(21)29/h3-13,31H,14H2,1-2H3,(H,26,30). The Bertz CT molecular complexity index is 1460. The third-order valence-corrected chi connectivity index (χ3v) is 5.63. The number of carbonyl (C=O) groups is 1. The molecular formula is C25H21N3O6. The molecule has 0 aliphatic rings. The summed E-state index contributed by atoms with van der Waals surface area (Å²) in [6.07, 6.45) is -0.0594. The zero-order valence-electron chi connectivity index (χ0n) is 18.4. The molecule has 1 heterocycles. The predicted octanol–water partition coefficient (Wildman–Crippen LogP) is 3.78. The number of nitro benzene ring substituents is 1. The van der Waals surface area contributed by atoms with E-state index in [0.29, 0.717) is 27.7 Å². The van der Waals surface area contributed by atoms with Crippen LogP contribution in [0.15, 0.2) is 76.0 Å².